The van der Waals surface area contributed by atoms with Gasteiger partial charge in [-0.05, 0) is 68.5 Å². The molecule has 0 aromatic carbocycles. The number of rotatable bonds is 4. The Morgan fingerprint density at radius 2 is 1.95 bits per heavy atom. The van der Waals surface area contributed by atoms with Gasteiger partial charge in [0.25, 0.3) is 0 Å². The lowest BCUT2D eigenvalue weighted by molar-refractivity contribution is -0.0152. The number of fused-ring (bicyclic) bond motifs is 1. The SMILES string of the molecule is CC(CI)C1CCC2C(O[Si](C)(C)C)CCCC12C. The summed E-state index contributed by atoms with van der Waals surface area (Å²) in [6, 6.07) is 0. The van der Waals surface area contributed by atoms with Crippen LogP contribution in [0.1, 0.15) is 46.0 Å². The summed E-state index contributed by atoms with van der Waals surface area (Å²) in [5.41, 5.74) is 0.563. The standard InChI is InChI=1S/C16H31IOSi/c1-12(11-17)13-8-9-14-15(18-19(3,4)5)7-6-10-16(13,14)2/h12-15H,6-11H2,1-5H3. The van der Waals surface area contributed by atoms with Gasteiger partial charge < -0.3 is 4.43 Å². The molecule has 0 aromatic rings. The fourth-order valence-corrected chi connectivity index (χ4v) is 6.60. The van der Waals surface area contributed by atoms with Gasteiger partial charge in [-0.1, -0.05) is 42.9 Å². The van der Waals surface area contributed by atoms with Crippen molar-refractivity contribution >= 4 is 30.9 Å². The Labute approximate surface area is 134 Å². The first kappa shape index (κ1) is 16.3. The molecule has 0 amide bonds. The van der Waals surface area contributed by atoms with Crippen molar-refractivity contribution in [2.45, 2.75) is 71.7 Å². The largest absolute Gasteiger partial charge is 0.414 e. The molecule has 112 valence electrons. The molecular formula is C16H31IOSi. The molecule has 2 rings (SSSR count). The molecular weight excluding hydrogens is 363 g/mol. The quantitative estimate of drug-likeness (QED) is 0.348. The van der Waals surface area contributed by atoms with Gasteiger partial charge in [-0.15, -0.1) is 0 Å². The van der Waals surface area contributed by atoms with Gasteiger partial charge in [0.15, 0.2) is 8.32 Å². The second kappa shape index (κ2) is 5.96. The van der Waals surface area contributed by atoms with Crippen LogP contribution in [0.5, 0.6) is 0 Å². The van der Waals surface area contributed by atoms with Gasteiger partial charge in [-0.2, -0.15) is 0 Å². The molecule has 2 fully saturated rings. The Morgan fingerprint density at radius 3 is 2.53 bits per heavy atom. The summed E-state index contributed by atoms with van der Waals surface area (Å²) in [4.78, 5) is 0. The number of hydrogen-bond donors (Lipinski definition) is 0. The Bertz CT molecular complexity index is 314. The summed E-state index contributed by atoms with van der Waals surface area (Å²) in [5, 5.41) is 0. The van der Waals surface area contributed by atoms with Crippen LogP contribution < -0.4 is 0 Å². The summed E-state index contributed by atoms with van der Waals surface area (Å²) < 4.78 is 7.87. The smallest absolute Gasteiger partial charge is 0.184 e. The summed E-state index contributed by atoms with van der Waals surface area (Å²) in [6.45, 7) is 12.1. The summed E-state index contributed by atoms with van der Waals surface area (Å²) in [5.74, 6) is 2.65. The van der Waals surface area contributed by atoms with Crippen LogP contribution in [-0.2, 0) is 4.43 Å². The second-order valence-corrected chi connectivity index (χ2v) is 13.4. The molecule has 2 aliphatic carbocycles. The Kier molecular flexibility index (Phi) is 5.10. The highest BCUT2D eigenvalue weighted by molar-refractivity contribution is 14.1. The zero-order chi connectivity index (χ0) is 14.3. The molecule has 5 atom stereocenters. The van der Waals surface area contributed by atoms with Crippen LogP contribution in [0.25, 0.3) is 0 Å². The molecule has 0 aliphatic heterocycles. The monoisotopic (exact) mass is 394 g/mol. The van der Waals surface area contributed by atoms with Crippen molar-refractivity contribution < 1.29 is 4.43 Å². The Hall–Kier alpha value is 0.907. The zero-order valence-corrected chi connectivity index (χ0v) is 16.5. The van der Waals surface area contributed by atoms with E-state index in [1.165, 1.54) is 36.5 Å². The average Bonchev–Trinajstić information content (AvgIpc) is 2.64. The van der Waals surface area contributed by atoms with E-state index in [0.29, 0.717) is 11.5 Å². The molecule has 2 aliphatic rings. The highest BCUT2D eigenvalue weighted by atomic mass is 127. The lowest BCUT2D eigenvalue weighted by Gasteiger charge is -2.47. The Balaban J connectivity index is 2.14. The van der Waals surface area contributed by atoms with Gasteiger partial charge in [-0.25, -0.2) is 0 Å². The maximum atomic E-state index is 6.56. The van der Waals surface area contributed by atoms with Gasteiger partial charge in [0.2, 0.25) is 0 Å². The van der Waals surface area contributed by atoms with Crippen molar-refractivity contribution in [1.29, 1.82) is 0 Å². The number of halogens is 1. The molecule has 3 heteroatoms. The van der Waals surface area contributed by atoms with Crippen LogP contribution in [0.4, 0.5) is 0 Å². The van der Waals surface area contributed by atoms with Gasteiger partial charge >= 0.3 is 0 Å². The van der Waals surface area contributed by atoms with Crippen LogP contribution in [0.2, 0.25) is 19.6 Å². The van der Waals surface area contributed by atoms with E-state index in [0.717, 1.165) is 17.8 Å². The normalized spacial score (nSPS) is 41.1. The fourth-order valence-electron chi connectivity index (χ4n) is 4.80. The predicted molar refractivity (Wildman–Crippen MR) is 94.4 cm³/mol. The molecule has 0 bridgehead atoms. The lowest BCUT2D eigenvalue weighted by Crippen LogP contribution is -2.46. The molecule has 0 spiro atoms. The van der Waals surface area contributed by atoms with Crippen LogP contribution in [0.15, 0.2) is 0 Å². The minimum atomic E-state index is -1.40. The molecule has 19 heavy (non-hydrogen) atoms. The van der Waals surface area contributed by atoms with E-state index in [1.54, 1.807) is 0 Å². The molecule has 0 N–H and O–H groups in total. The molecule has 0 saturated heterocycles. The minimum absolute atomic E-state index is 0.563. The third kappa shape index (κ3) is 3.39. The van der Waals surface area contributed by atoms with Crippen LogP contribution >= 0.6 is 22.6 Å². The van der Waals surface area contributed by atoms with Crippen molar-refractivity contribution in [2.24, 2.45) is 23.2 Å². The first-order valence-corrected chi connectivity index (χ1v) is 12.9. The maximum Gasteiger partial charge on any atom is 0.184 e. The van der Waals surface area contributed by atoms with Crippen LogP contribution in [-0.4, -0.2) is 18.8 Å². The maximum absolute atomic E-state index is 6.56. The summed E-state index contributed by atoms with van der Waals surface area (Å²) in [7, 11) is -1.40. The highest BCUT2D eigenvalue weighted by Crippen LogP contribution is 2.58. The fraction of sp³-hybridized carbons (Fsp3) is 1.00. The van der Waals surface area contributed by atoms with E-state index in [1.807, 2.05) is 0 Å². The molecule has 0 radical (unpaired) electrons. The third-order valence-corrected chi connectivity index (χ3v) is 7.97. The summed E-state index contributed by atoms with van der Waals surface area (Å²) >= 11 is 2.58. The van der Waals surface area contributed by atoms with E-state index >= 15 is 0 Å². The van der Waals surface area contributed by atoms with E-state index < -0.39 is 8.32 Å². The van der Waals surface area contributed by atoms with Crippen molar-refractivity contribution in [2.75, 3.05) is 4.43 Å². The van der Waals surface area contributed by atoms with E-state index in [2.05, 4.69) is 56.1 Å². The number of hydrogen-bond acceptors (Lipinski definition) is 1. The van der Waals surface area contributed by atoms with Crippen molar-refractivity contribution in [3.63, 3.8) is 0 Å². The van der Waals surface area contributed by atoms with Crippen molar-refractivity contribution in [3.8, 4) is 0 Å². The van der Waals surface area contributed by atoms with Gasteiger partial charge in [0.05, 0.1) is 0 Å². The van der Waals surface area contributed by atoms with E-state index in [-0.39, 0.29) is 0 Å². The average molecular weight is 394 g/mol. The third-order valence-electron chi connectivity index (χ3n) is 5.57. The van der Waals surface area contributed by atoms with E-state index in [9.17, 15) is 0 Å². The predicted octanol–water partition coefficient (Wildman–Crippen LogP) is 5.49. The van der Waals surface area contributed by atoms with E-state index in [4.69, 9.17) is 4.43 Å². The first-order chi connectivity index (χ1) is 8.78. The highest BCUT2D eigenvalue weighted by Gasteiger charge is 2.53. The van der Waals surface area contributed by atoms with Crippen LogP contribution in [0.3, 0.4) is 0 Å². The van der Waals surface area contributed by atoms with Crippen LogP contribution in [0, 0.1) is 23.2 Å². The van der Waals surface area contributed by atoms with Gasteiger partial charge in [0, 0.05) is 10.5 Å². The topological polar surface area (TPSA) is 9.23 Å². The second-order valence-electron chi connectivity index (χ2n) is 8.09. The lowest BCUT2D eigenvalue weighted by atomic mass is 9.62. The molecule has 0 aromatic heterocycles. The molecule has 5 unspecified atom stereocenters. The Morgan fingerprint density at radius 1 is 1.26 bits per heavy atom. The molecule has 0 heterocycles. The van der Waals surface area contributed by atoms with Gasteiger partial charge in [0.1, 0.15) is 0 Å². The van der Waals surface area contributed by atoms with Crippen molar-refractivity contribution in [3.05, 3.63) is 0 Å². The van der Waals surface area contributed by atoms with Gasteiger partial charge in [-0.3, -0.25) is 0 Å². The molecule has 2 saturated carbocycles. The molecule has 1 nitrogen and oxygen atoms in total. The van der Waals surface area contributed by atoms with Crippen molar-refractivity contribution in [1.82, 2.24) is 0 Å². The zero-order valence-electron chi connectivity index (χ0n) is 13.3. The number of alkyl halides is 1. The first-order valence-electron chi connectivity index (χ1n) is 8.02. The minimum Gasteiger partial charge on any atom is -0.414 e. The summed E-state index contributed by atoms with van der Waals surface area (Å²) in [6.07, 6.45) is 7.56.